The molecule has 2 unspecified atom stereocenters. The van der Waals surface area contributed by atoms with Crippen molar-refractivity contribution in [2.75, 3.05) is 0 Å². The van der Waals surface area contributed by atoms with Gasteiger partial charge in [-0.15, -0.1) is 11.3 Å². The van der Waals surface area contributed by atoms with Crippen LogP contribution in [0.5, 0.6) is 0 Å². The fourth-order valence-corrected chi connectivity index (χ4v) is 3.52. The average Bonchev–Trinajstić information content (AvgIpc) is 2.93. The number of aromatic carboxylic acids is 1. The zero-order valence-corrected chi connectivity index (χ0v) is 12.5. The second-order valence-corrected chi connectivity index (χ2v) is 6.50. The quantitative estimate of drug-likeness (QED) is 0.886. The molecule has 4 nitrogen and oxygen atoms in total. The Morgan fingerprint density at radius 2 is 1.95 bits per heavy atom. The molecular formula is C14H16F3NO3S. The number of halogens is 3. The fourth-order valence-electron chi connectivity index (χ4n) is 2.73. The van der Waals surface area contributed by atoms with Gasteiger partial charge in [-0.05, 0) is 25.0 Å². The third-order valence-electron chi connectivity index (χ3n) is 3.83. The molecule has 0 bridgehead atoms. The minimum absolute atomic E-state index is 0.0102. The predicted octanol–water partition coefficient (Wildman–Crippen LogP) is 3.43. The van der Waals surface area contributed by atoms with Gasteiger partial charge >= 0.3 is 12.1 Å². The number of carbonyl (C=O) groups is 2. The topological polar surface area (TPSA) is 66.4 Å². The van der Waals surface area contributed by atoms with E-state index < -0.39 is 29.9 Å². The number of carbonyl (C=O) groups excluding carboxylic acids is 1. The number of carboxylic acid groups (broad SMARTS) is 1. The Hall–Kier alpha value is -1.57. The van der Waals surface area contributed by atoms with E-state index in [1.165, 1.54) is 6.07 Å². The highest BCUT2D eigenvalue weighted by atomic mass is 32.1. The second-order valence-electron chi connectivity index (χ2n) is 5.33. The van der Waals surface area contributed by atoms with Crippen molar-refractivity contribution in [3.63, 3.8) is 0 Å². The van der Waals surface area contributed by atoms with Gasteiger partial charge in [0.1, 0.15) is 4.88 Å². The van der Waals surface area contributed by atoms with Crippen LogP contribution >= 0.6 is 11.3 Å². The lowest BCUT2D eigenvalue weighted by Gasteiger charge is -2.31. The van der Waals surface area contributed by atoms with Crippen molar-refractivity contribution in [1.29, 1.82) is 0 Å². The fraction of sp³-hybridized carbons (Fsp3) is 0.571. The molecule has 1 amide bonds. The Balaban J connectivity index is 1.96. The maximum Gasteiger partial charge on any atom is 0.392 e. The van der Waals surface area contributed by atoms with Crippen LogP contribution < -0.4 is 5.32 Å². The Labute approximate surface area is 129 Å². The van der Waals surface area contributed by atoms with Gasteiger partial charge in [-0.25, -0.2) is 4.79 Å². The summed E-state index contributed by atoms with van der Waals surface area (Å²) in [6.45, 7) is 0.0534. The van der Waals surface area contributed by atoms with Crippen LogP contribution in [0, 0.1) is 11.8 Å². The Morgan fingerprint density at radius 1 is 1.27 bits per heavy atom. The van der Waals surface area contributed by atoms with Crippen LogP contribution in [0.2, 0.25) is 0 Å². The van der Waals surface area contributed by atoms with Gasteiger partial charge in [0.05, 0.1) is 12.5 Å². The van der Waals surface area contributed by atoms with Gasteiger partial charge < -0.3 is 10.4 Å². The summed E-state index contributed by atoms with van der Waals surface area (Å²) in [4.78, 5) is 23.5. The van der Waals surface area contributed by atoms with Gasteiger partial charge in [0.15, 0.2) is 0 Å². The first-order valence-corrected chi connectivity index (χ1v) is 7.77. The second kappa shape index (κ2) is 6.68. The van der Waals surface area contributed by atoms with Gasteiger partial charge in [0, 0.05) is 10.8 Å². The normalized spacial score (nSPS) is 22.3. The van der Waals surface area contributed by atoms with E-state index >= 15 is 0 Å². The number of rotatable bonds is 4. The number of amides is 1. The monoisotopic (exact) mass is 335 g/mol. The van der Waals surface area contributed by atoms with Crippen LogP contribution in [0.3, 0.4) is 0 Å². The summed E-state index contributed by atoms with van der Waals surface area (Å²) >= 11 is 0.999. The number of alkyl halides is 3. The van der Waals surface area contributed by atoms with Crippen LogP contribution in [0.4, 0.5) is 13.2 Å². The maximum absolute atomic E-state index is 13.0. The molecule has 0 aliphatic heterocycles. The van der Waals surface area contributed by atoms with E-state index in [1.807, 2.05) is 0 Å². The third kappa shape index (κ3) is 4.00. The van der Waals surface area contributed by atoms with Crippen molar-refractivity contribution in [2.24, 2.45) is 11.8 Å². The minimum Gasteiger partial charge on any atom is -0.477 e. The van der Waals surface area contributed by atoms with E-state index in [9.17, 15) is 22.8 Å². The molecule has 0 saturated heterocycles. The van der Waals surface area contributed by atoms with E-state index in [2.05, 4.69) is 5.32 Å². The highest BCUT2D eigenvalue weighted by molar-refractivity contribution is 7.13. The molecule has 2 atom stereocenters. The summed E-state index contributed by atoms with van der Waals surface area (Å²) in [6.07, 6.45) is -3.03. The highest BCUT2D eigenvalue weighted by Crippen LogP contribution is 2.41. The molecule has 0 radical (unpaired) electrons. The van der Waals surface area contributed by atoms with Crippen molar-refractivity contribution in [2.45, 2.75) is 38.4 Å². The average molecular weight is 335 g/mol. The first kappa shape index (κ1) is 16.8. The number of carboxylic acids is 1. The first-order chi connectivity index (χ1) is 10.3. The lowest BCUT2D eigenvalue weighted by Crippen LogP contribution is -2.42. The molecule has 1 aromatic heterocycles. The molecule has 8 heteroatoms. The van der Waals surface area contributed by atoms with Crippen LogP contribution in [0.25, 0.3) is 0 Å². The Bertz CT molecular complexity index is 556. The Morgan fingerprint density at radius 3 is 2.55 bits per heavy atom. The Kier molecular flexibility index (Phi) is 5.10. The number of nitrogens with one attached hydrogen (secondary N) is 1. The molecule has 1 fully saturated rings. The van der Waals surface area contributed by atoms with Gasteiger partial charge in [0.25, 0.3) is 0 Å². The largest absolute Gasteiger partial charge is 0.477 e. The van der Waals surface area contributed by atoms with Crippen LogP contribution in [0.1, 0.15) is 40.2 Å². The molecule has 2 rings (SSSR count). The van der Waals surface area contributed by atoms with E-state index in [0.717, 1.165) is 11.3 Å². The number of thiophene rings is 1. The molecule has 22 heavy (non-hydrogen) atoms. The third-order valence-corrected chi connectivity index (χ3v) is 4.91. The van der Waals surface area contributed by atoms with E-state index in [-0.39, 0.29) is 24.3 Å². The lowest BCUT2D eigenvalue weighted by atomic mass is 9.78. The van der Waals surface area contributed by atoms with Crippen molar-refractivity contribution in [1.82, 2.24) is 5.32 Å². The summed E-state index contributed by atoms with van der Waals surface area (Å²) in [7, 11) is 0. The number of hydrogen-bond donors (Lipinski definition) is 2. The zero-order valence-electron chi connectivity index (χ0n) is 11.7. The molecule has 1 aliphatic rings. The van der Waals surface area contributed by atoms with Crippen molar-refractivity contribution in [3.05, 3.63) is 21.9 Å². The van der Waals surface area contributed by atoms with Gasteiger partial charge in [0.2, 0.25) is 5.91 Å². The minimum atomic E-state index is -4.36. The van der Waals surface area contributed by atoms with Crippen molar-refractivity contribution < 1.29 is 27.9 Å². The van der Waals surface area contributed by atoms with E-state index in [0.29, 0.717) is 17.7 Å². The van der Waals surface area contributed by atoms with Crippen LogP contribution in [-0.4, -0.2) is 23.2 Å². The van der Waals surface area contributed by atoms with E-state index in [4.69, 9.17) is 5.11 Å². The lowest BCUT2D eigenvalue weighted by molar-refractivity contribution is -0.198. The van der Waals surface area contributed by atoms with Gasteiger partial charge in [-0.2, -0.15) is 13.2 Å². The summed E-state index contributed by atoms with van der Waals surface area (Å²) in [6, 6.07) is 2.96. The molecule has 0 aromatic carbocycles. The SMILES string of the molecule is O=C(O)c1ccc(CNC(=O)C2CCCCC2C(F)(F)F)s1. The smallest absolute Gasteiger partial charge is 0.392 e. The molecule has 1 saturated carbocycles. The summed E-state index contributed by atoms with van der Waals surface area (Å²) in [5, 5.41) is 11.3. The zero-order chi connectivity index (χ0) is 16.3. The maximum atomic E-state index is 13.0. The van der Waals surface area contributed by atoms with Crippen molar-refractivity contribution >= 4 is 23.2 Å². The van der Waals surface area contributed by atoms with Gasteiger partial charge in [-0.3, -0.25) is 4.79 Å². The highest BCUT2D eigenvalue weighted by Gasteiger charge is 2.47. The summed E-state index contributed by atoms with van der Waals surface area (Å²) in [5.74, 6) is -4.30. The first-order valence-electron chi connectivity index (χ1n) is 6.95. The van der Waals surface area contributed by atoms with E-state index in [1.54, 1.807) is 6.07 Å². The van der Waals surface area contributed by atoms with Crippen LogP contribution in [0.15, 0.2) is 12.1 Å². The van der Waals surface area contributed by atoms with Crippen molar-refractivity contribution in [3.8, 4) is 0 Å². The number of hydrogen-bond acceptors (Lipinski definition) is 3. The standard InChI is InChI=1S/C14H16F3NO3S/c15-14(16,17)10-4-2-1-3-9(10)12(19)18-7-8-5-6-11(22-8)13(20)21/h5-6,9-10H,1-4,7H2,(H,18,19)(H,20,21). The molecule has 1 aliphatic carbocycles. The molecule has 122 valence electrons. The molecular weight excluding hydrogens is 319 g/mol. The molecule has 1 aromatic rings. The predicted molar refractivity (Wildman–Crippen MR) is 74.6 cm³/mol. The molecule has 1 heterocycles. The molecule has 2 N–H and O–H groups in total. The molecule has 0 spiro atoms. The van der Waals surface area contributed by atoms with Gasteiger partial charge in [-0.1, -0.05) is 12.8 Å². The summed E-state index contributed by atoms with van der Waals surface area (Å²) < 4.78 is 38.9. The summed E-state index contributed by atoms with van der Waals surface area (Å²) in [5.41, 5.74) is 0. The van der Waals surface area contributed by atoms with Crippen LogP contribution in [-0.2, 0) is 11.3 Å².